The van der Waals surface area contributed by atoms with E-state index in [0.717, 1.165) is 11.8 Å². The van der Waals surface area contributed by atoms with Crippen molar-refractivity contribution in [2.75, 3.05) is 6.61 Å². The van der Waals surface area contributed by atoms with Gasteiger partial charge in [-0.15, -0.1) is 0 Å². The molecule has 0 unspecified atom stereocenters. The molecule has 4 heteroatoms. The maximum atomic E-state index is 14.0. The van der Waals surface area contributed by atoms with Crippen molar-refractivity contribution >= 4 is 12.3 Å². The number of hydrogen-bond donors (Lipinski definition) is 0. The summed E-state index contributed by atoms with van der Waals surface area (Å²) in [5.74, 6) is -0.671. The molecule has 0 amide bonds. The van der Waals surface area contributed by atoms with E-state index in [9.17, 15) is 14.0 Å². The van der Waals surface area contributed by atoms with E-state index in [4.69, 9.17) is 4.74 Å². The number of carbonyl (C=O) groups excluding carboxylic acids is 2. The van der Waals surface area contributed by atoms with Crippen molar-refractivity contribution in [1.82, 2.24) is 0 Å². The van der Waals surface area contributed by atoms with Crippen LogP contribution in [0.25, 0.3) is 0 Å². The van der Waals surface area contributed by atoms with E-state index in [1.165, 1.54) is 6.07 Å². The highest BCUT2D eigenvalue weighted by molar-refractivity contribution is 5.76. The standard InChI is InChI=1S/C16H21FO3/c1-4-20-15(19)16(2,3)11-13-8-7-12(6-5-9-18)10-14(13)17/h7-10H,4-6,11H2,1-3H3. The van der Waals surface area contributed by atoms with Gasteiger partial charge in [-0.2, -0.15) is 0 Å². The molecule has 0 N–H and O–H groups in total. The van der Waals surface area contributed by atoms with E-state index in [1.54, 1.807) is 32.9 Å². The van der Waals surface area contributed by atoms with Crippen molar-refractivity contribution < 1.29 is 18.7 Å². The number of halogens is 1. The third-order valence-corrected chi connectivity index (χ3v) is 3.13. The highest BCUT2D eigenvalue weighted by Gasteiger charge is 2.30. The molecule has 0 aliphatic heterocycles. The summed E-state index contributed by atoms with van der Waals surface area (Å²) in [4.78, 5) is 22.1. The van der Waals surface area contributed by atoms with Crippen LogP contribution in [0.2, 0.25) is 0 Å². The van der Waals surface area contributed by atoms with Crippen LogP contribution in [0.1, 0.15) is 38.3 Å². The van der Waals surface area contributed by atoms with Crippen LogP contribution in [0.3, 0.4) is 0 Å². The molecule has 3 nitrogen and oxygen atoms in total. The minimum absolute atomic E-state index is 0.283. The van der Waals surface area contributed by atoms with Crippen LogP contribution in [0.4, 0.5) is 4.39 Å². The van der Waals surface area contributed by atoms with Gasteiger partial charge in [-0.25, -0.2) is 4.39 Å². The van der Waals surface area contributed by atoms with Gasteiger partial charge in [-0.1, -0.05) is 12.1 Å². The first kappa shape index (κ1) is 16.3. The van der Waals surface area contributed by atoms with Crippen LogP contribution in [0.5, 0.6) is 0 Å². The zero-order valence-electron chi connectivity index (χ0n) is 12.2. The molecule has 0 bridgehead atoms. The Balaban J connectivity index is 2.82. The lowest BCUT2D eigenvalue weighted by Crippen LogP contribution is -2.29. The number of ether oxygens (including phenoxy) is 1. The lowest BCUT2D eigenvalue weighted by Gasteiger charge is -2.22. The number of aldehydes is 1. The molecule has 0 aromatic heterocycles. The van der Waals surface area contributed by atoms with Gasteiger partial charge in [0.2, 0.25) is 0 Å². The first-order valence-electron chi connectivity index (χ1n) is 6.79. The smallest absolute Gasteiger partial charge is 0.311 e. The van der Waals surface area contributed by atoms with Gasteiger partial charge in [0.15, 0.2) is 0 Å². The van der Waals surface area contributed by atoms with Crippen LogP contribution in [0, 0.1) is 11.2 Å². The molecule has 0 radical (unpaired) electrons. The van der Waals surface area contributed by atoms with Gasteiger partial charge in [-0.3, -0.25) is 4.79 Å². The molecule has 110 valence electrons. The topological polar surface area (TPSA) is 43.4 Å². The molecular weight excluding hydrogens is 259 g/mol. The fourth-order valence-electron chi connectivity index (χ4n) is 1.99. The predicted octanol–water partition coefficient (Wildman–Crippen LogP) is 3.09. The molecule has 0 saturated heterocycles. The Morgan fingerprint density at radius 2 is 2.10 bits per heavy atom. The molecule has 0 saturated carbocycles. The molecule has 0 fully saturated rings. The number of benzene rings is 1. The maximum Gasteiger partial charge on any atom is 0.311 e. The quantitative estimate of drug-likeness (QED) is 0.569. The van der Waals surface area contributed by atoms with Gasteiger partial charge in [0.1, 0.15) is 12.1 Å². The third-order valence-electron chi connectivity index (χ3n) is 3.13. The van der Waals surface area contributed by atoms with Crippen molar-refractivity contribution in [3.63, 3.8) is 0 Å². The summed E-state index contributed by atoms with van der Waals surface area (Å²) in [6, 6.07) is 4.90. The average molecular weight is 280 g/mol. The second-order valence-electron chi connectivity index (χ2n) is 5.41. The molecule has 1 aromatic rings. The fourth-order valence-corrected chi connectivity index (χ4v) is 1.99. The second kappa shape index (κ2) is 7.17. The van der Waals surface area contributed by atoms with Gasteiger partial charge in [0, 0.05) is 6.42 Å². The molecule has 0 spiro atoms. The Labute approximate surface area is 119 Å². The first-order chi connectivity index (χ1) is 9.40. The average Bonchev–Trinajstić information content (AvgIpc) is 2.39. The van der Waals surface area contributed by atoms with Crippen LogP contribution >= 0.6 is 0 Å². The predicted molar refractivity (Wildman–Crippen MR) is 74.9 cm³/mol. The Morgan fingerprint density at radius 3 is 2.65 bits per heavy atom. The lowest BCUT2D eigenvalue weighted by molar-refractivity contribution is -0.153. The summed E-state index contributed by atoms with van der Waals surface area (Å²) in [6.45, 7) is 5.54. The van der Waals surface area contributed by atoms with E-state index in [2.05, 4.69) is 0 Å². The Morgan fingerprint density at radius 1 is 1.40 bits per heavy atom. The molecule has 1 aromatic carbocycles. The summed E-state index contributed by atoms with van der Waals surface area (Å²) in [6.07, 6.45) is 2.01. The van der Waals surface area contributed by atoms with Crippen molar-refractivity contribution in [1.29, 1.82) is 0 Å². The fraction of sp³-hybridized carbons (Fsp3) is 0.500. The van der Waals surface area contributed by atoms with Crippen LogP contribution in [-0.4, -0.2) is 18.9 Å². The summed E-state index contributed by atoms with van der Waals surface area (Å²) >= 11 is 0. The molecule has 0 aliphatic rings. The largest absolute Gasteiger partial charge is 0.466 e. The van der Waals surface area contributed by atoms with Crippen molar-refractivity contribution in [2.45, 2.75) is 40.0 Å². The van der Waals surface area contributed by atoms with E-state index in [-0.39, 0.29) is 18.2 Å². The Kier molecular flexibility index (Phi) is 5.86. The maximum absolute atomic E-state index is 14.0. The molecule has 0 aliphatic carbocycles. The zero-order valence-corrected chi connectivity index (χ0v) is 12.2. The van der Waals surface area contributed by atoms with Crippen LogP contribution in [-0.2, 0) is 27.2 Å². The summed E-state index contributed by atoms with van der Waals surface area (Å²) in [5.41, 5.74) is 0.506. The number of aryl methyl sites for hydroxylation is 1. The van der Waals surface area contributed by atoms with Gasteiger partial charge >= 0.3 is 5.97 Å². The van der Waals surface area contributed by atoms with E-state index >= 15 is 0 Å². The van der Waals surface area contributed by atoms with Gasteiger partial charge in [-0.05, 0) is 50.8 Å². The number of rotatable bonds is 7. The molecule has 0 heterocycles. The minimum Gasteiger partial charge on any atom is -0.466 e. The molecule has 0 atom stereocenters. The minimum atomic E-state index is -0.763. The molecule has 1 rings (SSSR count). The van der Waals surface area contributed by atoms with E-state index < -0.39 is 5.41 Å². The zero-order chi connectivity index (χ0) is 15.2. The first-order valence-corrected chi connectivity index (χ1v) is 6.79. The van der Waals surface area contributed by atoms with Gasteiger partial charge < -0.3 is 9.53 Å². The summed E-state index contributed by atoms with van der Waals surface area (Å²) in [5, 5.41) is 0. The summed E-state index contributed by atoms with van der Waals surface area (Å²) in [7, 11) is 0. The SMILES string of the molecule is CCOC(=O)C(C)(C)Cc1ccc(CCC=O)cc1F. The van der Waals surface area contributed by atoms with Crippen LogP contribution in [0.15, 0.2) is 18.2 Å². The number of carbonyl (C=O) groups is 2. The van der Waals surface area contributed by atoms with Gasteiger partial charge in [0.25, 0.3) is 0 Å². The van der Waals surface area contributed by atoms with Crippen molar-refractivity contribution in [3.8, 4) is 0 Å². The summed E-state index contributed by atoms with van der Waals surface area (Å²) < 4.78 is 19.0. The van der Waals surface area contributed by atoms with Crippen molar-refractivity contribution in [2.24, 2.45) is 5.41 Å². The highest BCUT2D eigenvalue weighted by Crippen LogP contribution is 2.25. The van der Waals surface area contributed by atoms with Crippen LogP contribution < -0.4 is 0 Å². The number of esters is 1. The normalized spacial score (nSPS) is 11.2. The molecular formula is C16H21FO3. The highest BCUT2D eigenvalue weighted by atomic mass is 19.1. The van der Waals surface area contributed by atoms with E-state index in [1.807, 2.05) is 0 Å². The monoisotopic (exact) mass is 280 g/mol. The lowest BCUT2D eigenvalue weighted by atomic mass is 9.85. The van der Waals surface area contributed by atoms with Gasteiger partial charge in [0.05, 0.1) is 12.0 Å². The third kappa shape index (κ3) is 4.44. The van der Waals surface area contributed by atoms with E-state index in [0.29, 0.717) is 25.0 Å². The second-order valence-corrected chi connectivity index (χ2v) is 5.41. The van der Waals surface area contributed by atoms with Crippen molar-refractivity contribution in [3.05, 3.63) is 35.1 Å². The molecule has 20 heavy (non-hydrogen) atoms. The Hall–Kier alpha value is -1.71. The number of hydrogen-bond acceptors (Lipinski definition) is 3. The Bertz CT molecular complexity index is 481.